The van der Waals surface area contributed by atoms with Crippen molar-refractivity contribution < 1.29 is 14.3 Å². The van der Waals surface area contributed by atoms with Crippen LogP contribution in [0.1, 0.15) is 34.1 Å². The molecule has 1 aromatic heterocycles. The number of methoxy groups -OCH3 is 1. The molecule has 0 N–H and O–H groups in total. The first-order valence-electron chi connectivity index (χ1n) is 6.14. The van der Waals surface area contributed by atoms with Gasteiger partial charge in [-0.15, -0.1) is 11.3 Å². The van der Waals surface area contributed by atoms with E-state index in [1.807, 2.05) is 13.8 Å². The van der Waals surface area contributed by atoms with E-state index in [9.17, 15) is 9.59 Å². The summed E-state index contributed by atoms with van der Waals surface area (Å²) < 4.78 is 4.87. The fourth-order valence-electron chi connectivity index (χ4n) is 2.35. The van der Waals surface area contributed by atoms with Crippen LogP contribution in [-0.4, -0.2) is 30.4 Å². The van der Waals surface area contributed by atoms with Crippen LogP contribution in [0.5, 0.6) is 0 Å². The van der Waals surface area contributed by atoms with Crippen LogP contribution in [0.15, 0.2) is 0 Å². The number of hydrogen-bond acceptors (Lipinski definition) is 4. The molecule has 1 aromatic rings. The average molecular weight is 346 g/mol. The summed E-state index contributed by atoms with van der Waals surface area (Å²) in [5.74, 6) is -0.307. The number of halogens is 1. The summed E-state index contributed by atoms with van der Waals surface area (Å²) in [5.41, 5.74) is 1.54. The number of alkyl halides is 1. The van der Waals surface area contributed by atoms with Gasteiger partial charge in [0.15, 0.2) is 0 Å². The Balaban J connectivity index is 2.51. The minimum atomic E-state index is -0.359. The van der Waals surface area contributed by atoms with Gasteiger partial charge in [-0.05, 0) is 18.9 Å². The van der Waals surface area contributed by atoms with Crippen molar-refractivity contribution in [2.45, 2.75) is 31.5 Å². The van der Waals surface area contributed by atoms with Gasteiger partial charge in [-0.25, -0.2) is 4.79 Å². The van der Waals surface area contributed by atoms with Gasteiger partial charge in [-0.1, -0.05) is 22.9 Å². The second-order valence-electron chi connectivity index (χ2n) is 4.47. The van der Waals surface area contributed by atoms with Crippen molar-refractivity contribution in [1.29, 1.82) is 0 Å². The summed E-state index contributed by atoms with van der Waals surface area (Å²) in [7, 11) is 1.37. The number of nitrogens with zero attached hydrogens (tertiary/aromatic N) is 1. The van der Waals surface area contributed by atoms with Gasteiger partial charge in [-0.3, -0.25) is 4.79 Å². The van der Waals surface area contributed by atoms with Gasteiger partial charge in [0.2, 0.25) is 5.91 Å². The average Bonchev–Trinajstić information content (AvgIpc) is 2.87. The lowest BCUT2D eigenvalue weighted by Gasteiger charge is -2.15. The highest BCUT2D eigenvalue weighted by Gasteiger charge is 2.34. The number of amides is 1. The number of aryl methyl sites for hydroxylation is 1. The fraction of sp³-hybridized carbons (Fsp3) is 0.538. The van der Waals surface area contributed by atoms with Crippen molar-refractivity contribution in [2.75, 3.05) is 18.6 Å². The first-order chi connectivity index (χ1) is 8.99. The Morgan fingerprint density at radius 2 is 2.26 bits per heavy atom. The lowest BCUT2D eigenvalue weighted by Crippen LogP contribution is -2.25. The Labute approximate surface area is 124 Å². The van der Waals surface area contributed by atoms with Gasteiger partial charge >= 0.3 is 5.97 Å². The molecule has 104 valence electrons. The van der Waals surface area contributed by atoms with Crippen molar-refractivity contribution in [2.24, 2.45) is 0 Å². The third kappa shape index (κ3) is 2.56. The molecule has 2 heterocycles. The van der Waals surface area contributed by atoms with Crippen molar-refractivity contribution in [1.82, 2.24) is 0 Å². The summed E-state index contributed by atoms with van der Waals surface area (Å²) >= 11 is 4.96. The predicted molar refractivity (Wildman–Crippen MR) is 79.5 cm³/mol. The molecule has 0 saturated carbocycles. The summed E-state index contributed by atoms with van der Waals surface area (Å²) in [4.78, 5) is 26.9. The second kappa shape index (κ2) is 5.63. The Hall–Kier alpha value is -0.880. The number of hydrogen-bond donors (Lipinski definition) is 0. The van der Waals surface area contributed by atoms with Crippen LogP contribution in [-0.2, 0) is 16.0 Å². The molecule has 1 atom stereocenters. The van der Waals surface area contributed by atoms with E-state index in [4.69, 9.17) is 4.74 Å². The zero-order chi connectivity index (χ0) is 14.2. The standard InChI is InChI=1S/C13H16BrNO3S/c1-4-9-7(2)19-12(11(9)13(17)18-3)15-6-8(14)5-10(15)16/h8H,4-6H2,1-3H3. The van der Waals surface area contributed by atoms with E-state index < -0.39 is 0 Å². The molecule has 0 aromatic carbocycles. The molecule has 1 aliphatic heterocycles. The Morgan fingerprint density at radius 3 is 2.74 bits per heavy atom. The third-order valence-corrected chi connectivity index (χ3v) is 5.04. The molecule has 1 saturated heterocycles. The Kier molecular flexibility index (Phi) is 4.30. The number of rotatable bonds is 3. The van der Waals surface area contributed by atoms with E-state index in [-0.39, 0.29) is 16.7 Å². The summed E-state index contributed by atoms with van der Waals surface area (Å²) in [6, 6.07) is 0. The Bertz CT molecular complexity index is 526. The van der Waals surface area contributed by atoms with Crippen LogP contribution < -0.4 is 4.90 Å². The van der Waals surface area contributed by atoms with Crippen molar-refractivity contribution >= 4 is 44.1 Å². The number of thiophene rings is 1. The topological polar surface area (TPSA) is 46.6 Å². The van der Waals surface area contributed by atoms with Crippen LogP contribution >= 0.6 is 27.3 Å². The number of carbonyl (C=O) groups is 2. The van der Waals surface area contributed by atoms with E-state index >= 15 is 0 Å². The lowest BCUT2D eigenvalue weighted by atomic mass is 10.1. The summed E-state index contributed by atoms with van der Waals surface area (Å²) in [5, 5.41) is 0.730. The number of ether oxygens (including phenoxy) is 1. The van der Waals surface area contributed by atoms with E-state index in [1.54, 1.807) is 4.90 Å². The maximum atomic E-state index is 12.0. The van der Waals surface area contributed by atoms with Gasteiger partial charge in [-0.2, -0.15) is 0 Å². The van der Waals surface area contributed by atoms with Crippen LogP contribution in [0, 0.1) is 6.92 Å². The summed E-state index contributed by atoms with van der Waals surface area (Å²) in [6.45, 7) is 4.59. The molecule has 0 spiro atoms. The lowest BCUT2D eigenvalue weighted by molar-refractivity contribution is -0.116. The quantitative estimate of drug-likeness (QED) is 0.625. The van der Waals surface area contributed by atoms with Crippen LogP contribution in [0.4, 0.5) is 5.00 Å². The van der Waals surface area contributed by atoms with E-state index in [2.05, 4.69) is 15.9 Å². The monoisotopic (exact) mass is 345 g/mol. The molecule has 19 heavy (non-hydrogen) atoms. The highest BCUT2D eigenvalue weighted by molar-refractivity contribution is 9.09. The molecule has 1 aliphatic rings. The summed E-state index contributed by atoms with van der Waals surface area (Å²) in [6.07, 6.45) is 1.23. The maximum absolute atomic E-state index is 12.0. The molecule has 1 unspecified atom stereocenters. The molecule has 6 heteroatoms. The van der Waals surface area contributed by atoms with Crippen LogP contribution in [0.3, 0.4) is 0 Å². The molecular weight excluding hydrogens is 330 g/mol. The van der Waals surface area contributed by atoms with Crippen molar-refractivity contribution in [3.8, 4) is 0 Å². The molecule has 2 rings (SSSR count). The smallest absolute Gasteiger partial charge is 0.341 e. The van der Waals surface area contributed by atoms with Gasteiger partial charge in [0, 0.05) is 22.7 Å². The van der Waals surface area contributed by atoms with Gasteiger partial charge in [0.05, 0.1) is 12.7 Å². The number of carbonyl (C=O) groups excluding carboxylic acids is 2. The first kappa shape index (κ1) is 14.5. The van der Waals surface area contributed by atoms with E-state index in [0.717, 1.165) is 21.9 Å². The van der Waals surface area contributed by atoms with E-state index in [0.29, 0.717) is 18.5 Å². The highest BCUT2D eigenvalue weighted by Crippen LogP contribution is 2.39. The maximum Gasteiger partial charge on any atom is 0.341 e. The third-order valence-electron chi connectivity index (χ3n) is 3.26. The molecule has 0 radical (unpaired) electrons. The first-order valence-corrected chi connectivity index (χ1v) is 7.87. The van der Waals surface area contributed by atoms with Gasteiger partial charge < -0.3 is 9.64 Å². The fourth-order valence-corrected chi connectivity index (χ4v) is 4.17. The Morgan fingerprint density at radius 1 is 1.58 bits per heavy atom. The normalized spacial score (nSPS) is 19.1. The SMILES string of the molecule is CCc1c(C)sc(N2CC(Br)CC2=O)c1C(=O)OC. The van der Waals surface area contributed by atoms with Crippen LogP contribution in [0.2, 0.25) is 0 Å². The van der Waals surface area contributed by atoms with Crippen molar-refractivity contribution in [3.05, 3.63) is 16.0 Å². The molecule has 0 aliphatic carbocycles. The van der Waals surface area contributed by atoms with Crippen LogP contribution in [0.25, 0.3) is 0 Å². The molecule has 0 bridgehead atoms. The number of anilines is 1. The minimum Gasteiger partial charge on any atom is -0.465 e. The van der Waals surface area contributed by atoms with Gasteiger partial charge in [0.25, 0.3) is 0 Å². The minimum absolute atomic E-state index is 0.0518. The zero-order valence-electron chi connectivity index (χ0n) is 11.2. The van der Waals surface area contributed by atoms with E-state index in [1.165, 1.54) is 18.4 Å². The van der Waals surface area contributed by atoms with Crippen molar-refractivity contribution in [3.63, 3.8) is 0 Å². The molecule has 1 fully saturated rings. The second-order valence-corrected chi connectivity index (χ2v) is 6.97. The highest BCUT2D eigenvalue weighted by atomic mass is 79.9. The molecular formula is C13H16BrNO3S. The molecule has 4 nitrogen and oxygen atoms in total. The molecule has 1 amide bonds. The predicted octanol–water partition coefficient (Wildman–Crippen LogP) is 2.91. The van der Waals surface area contributed by atoms with Gasteiger partial charge in [0.1, 0.15) is 5.00 Å². The largest absolute Gasteiger partial charge is 0.465 e. The zero-order valence-corrected chi connectivity index (χ0v) is 13.6. The number of esters is 1.